The summed E-state index contributed by atoms with van der Waals surface area (Å²) < 4.78 is 0. The van der Waals surface area contributed by atoms with Gasteiger partial charge in [-0.2, -0.15) is 0 Å². The maximum Gasteiger partial charge on any atom is 0.337 e. The van der Waals surface area contributed by atoms with E-state index in [9.17, 15) is 4.79 Å². The van der Waals surface area contributed by atoms with Crippen LogP contribution < -0.4 is 4.90 Å². The van der Waals surface area contributed by atoms with Crippen molar-refractivity contribution in [2.45, 2.75) is 0 Å². The lowest BCUT2D eigenvalue weighted by Crippen LogP contribution is -2.25. The first-order valence-corrected chi connectivity index (χ1v) is 5.47. The summed E-state index contributed by atoms with van der Waals surface area (Å²) in [5.74, 6) is -0.977. The van der Waals surface area contributed by atoms with Crippen molar-refractivity contribution in [1.82, 2.24) is 0 Å². The Morgan fingerprint density at radius 2 is 1.94 bits per heavy atom. The van der Waals surface area contributed by atoms with E-state index in [0.717, 1.165) is 0 Å². The van der Waals surface area contributed by atoms with Crippen LogP contribution in [0.3, 0.4) is 0 Å². The molecule has 1 aromatic carbocycles. The van der Waals surface area contributed by atoms with Crippen LogP contribution in [-0.2, 0) is 0 Å². The van der Waals surface area contributed by atoms with Crippen LogP contribution >= 0.6 is 11.6 Å². The van der Waals surface area contributed by atoms with Crippen molar-refractivity contribution in [3.05, 3.63) is 54.1 Å². The summed E-state index contributed by atoms with van der Waals surface area (Å²) >= 11 is 5.89. The van der Waals surface area contributed by atoms with Crippen molar-refractivity contribution in [2.75, 3.05) is 18.0 Å². The number of carbonyl (C=O) groups is 1. The molecule has 0 aliphatic heterocycles. The number of benzene rings is 1. The monoisotopic (exact) mass is 251 g/mol. The number of carboxylic acids is 1. The van der Waals surface area contributed by atoms with Crippen LogP contribution in [0.4, 0.5) is 5.69 Å². The van der Waals surface area contributed by atoms with Gasteiger partial charge in [0, 0.05) is 18.1 Å². The molecule has 0 radical (unpaired) electrons. The summed E-state index contributed by atoms with van der Waals surface area (Å²) in [7, 11) is 0. The number of aromatic carboxylic acids is 1. The Hall–Kier alpha value is -1.74. The normalized spacial score (nSPS) is 9.71. The van der Waals surface area contributed by atoms with Crippen LogP contribution in [0, 0.1) is 0 Å². The van der Waals surface area contributed by atoms with Crippen molar-refractivity contribution >= 4 is 23.3 Å². The van der Waals surface area contributed by atoms with E-state index in [1.54, 1.807) is 24.3 Å². The predicted molar refractivity (Wildman–Crippen MR) is 71.0 cm³/mol. The molecule has 0 aliphatic rings. The topological polar surface area (TPSA) is 40.5 Å². The molecule has 0 fully saturated rings. The minimum Gasteiger partial charge on any atom is -0.478 e. The zero-order valence-electron chi connectivity index (χ0n) is 9.40. The van der Waals surface area contributed by atoms with Gasteiger partial charge in [0.25, 0.3) is 0 Å². The van der Waals surface area contributed by atoms with Gasteiger partial charge < -0.3 is 10.0 Å². The van der Waals surface area contributed by atoms with Gasteiger partial charge in [0.2, 0.25) is 0 Å². The van der Waals surface area contributed by atoms with E-state index >= 15 is 0 Å². The summed E-state index contributed by atoms with van der Waals surface area (Å²) in [5.41, 5.74) is 0.794. The first-order chi connectivity index (χ1) is 8.10. The second kappa shape index (κ2) is 6.11. The van der Waals surface area contributed by atoms with Gasteiger partial charge >= 0.3 is 5.97 Å². The largest absolute Gasteiger partial charge is 0.478 e. The Morgan fingerprint density at radius 3 is 2.41 bits per heavy atom. The quantitative estimate of drug-likeness (QED) is 0.790. The number of nitrogens with zero attached hydrogens (tertiary/aromatic N) is 1. The van der Waals surface area contributed by atoms with E-state index in [4.69, 9.17) is 16.7 Å². The van der Waals surface area contributed by atoms with E-state index in [1.165, 1.54) is 6.07 Å². The van der Waals surface area contributed by atoms with E-state index in [0.29, 0.717) is 23.8 Å². The smallest absolute Gasteiger partial charge is 0.337 e. The lowest BCUT2D eigenvalue weighted by atomic mass is 10.1. The average Bonchev–Trinajstić information content (AvgIpc) is 2.28. The molecule has 4 heteroatoms. The zero-order valence-corrected chi connectivity index (χ0v) is 10.2. The van der Waals surface area contributed by atoms with Gasteiger partial charge in [-0.15, -0.1) is 13.2 Å². The highest BCUT2D eigenvalue weighted by atomic mass is 35.5. The van der Waals surface area contributed by atoms with Crippen LogP contribution in [0.5, 0.6) is 0 Å². The van der Waals surface area contributed by atoms with Gasteiger partial charge in [-0.25, -0.2) is 4.79 Å². The summed E-state index contributed by atoms with van der Waals surface area (Å²) in [6, 6.07) is 4.70. The molecule has 0 unspecified atom stereocenters. The second-order valence-electron chi connectivity index (χ2n) is 3.45. The van der Waals surface area contributed by atoms with Gasteiger partial charge in [0.1, 0.15) is 0 Å². The summed E-state index contributed by atoms with van der Waals surface area (Å²) in [6.07, 6.45) is 3.41. The molecule has 1 N–H and O–H groups in total. The standard InChI is InChI=1S/C13H14ClNO2/c1-3-7-15(8-4-2)12-9-10(14)5-6-11(12)13(16)17/h3-6,9H,1-2,7-8H2,(H,16,17). The van der Waals surface area contributed by atoms with Crippen LogP contribution in [0.15, 0.2) is 43.5 Å². The van der Waals surface area contributed by atoms with Gasteiger partial charge in [-0.3, -0.25) is 0 Å². The molecule has 0 atom stereocenters. The van der Waals surface area contributed by atoms with Crippen LogP contribution in [0.25, 0.3) is 0 Å². The summed E-state index contributed by atoms with van der Waals surface area (Å²) in [4.78, 5) is 13.0. The van der Waals surface area contributed by atoms with E-state index < -0.39 is 5.97 Å². The van der Waals surface area contributed by atoms with Gasteiger partial charge in [-0.05, 0) is 18.2 Å². The third kappa shape index (κ3) is 3.36. The Labute approximate surface area is 106 Å². The molecule has 0 bridgehead atoms. The number of anilines is 1. The van der Waals surface area contributed by atoms with Crippen molar-refractivity contribution in [1.29, 1.82) is 0 Å². The molecule has 0 spiro atoms. The molecule has 1 aromatic rings. The van der Waals surface area contributed by atoms with Crippen molar-refractivity contribution in [3.63, 3.8) is 0 Å². The fourth-order valence-corrected chi connectivity index (χ4v) is 1.70. The number of rotatable bonds is 6. The second-order valence-corrected chi connectivity index (χ2v) is 3.89. The third-order valence-electron chi connectivity index (χ3n) is 2.23. The van der Waals surface area contributed by atoms with E-state index in [-0.39, 0.29) is 5.56 Å². The highest BCUT2D eigenvalue weighted by Crippen LogP contribution is 2.25. The Morgan fingerprint density at radius 1 is 1.35 bits per heavy atom. The fourth-order valence-electron chi connectivity index (χ4n) is 1.53. The molecule has 17 heavy (non-hydrogen) atoms. The number of hydrogen-bond donors (Lipinski definition) is 1. The van der Waals surface area contributed by atoms with Crippen LogP contribution in [-0.4, -0.2) is 24.2 Å². The highest BCUT2D eigenvalue weighted by Gasteiger charge is 2.14. The Bertz CT molecular complexity index is 433. The number of carboxylic acid groups (broad SMARTS) is 1. The fraction of sp³-hybridized carbons (Fsp3) is 0.154. The lowest BCUT2D eigenvalue weighted by molar-refractivity contribution is 0.0697. The van der Waals surface area contributed by atoms with Gasteiger partial charge in [0.15, 0.2) is 0 Å². The molecule has 0 saturated heterocycles. The van der Waals surface area contributed by atoms with Crippen molar-refractivity contribution in [2.24, 2.45) is 0 Å². The minimum absolute atomic E-state index is 0.220. The van der Waals surface area contributed by atoms with Crippen molar-refractivity contribution in [3.8, 4) is 0 Å². The molecular formula is C13H14ClNO2. The van der Waals surface area contributed by atoms with Crippen molar-refractivity contribution < 1.29 is 9.90 Å². The average molecular weight is 252 g/mol. The highest BCUT2D eigenvalue weighted by molar-refractivity contribution is 6.31. The molecule has 90 valence electrons. The lowest BCUT2D eigenvalue weighted by Gasteiger charge is -2.23. The third-order valence-corrected chi connectivity index (χ3v) is 2.46. The predicted octanol–water partition coefficient (Wildman–Crippen LogP) is 3.22. The first kappa shape index (κ1) is 13.3. The maximum absolute atomic E-state index is 11.1. The first-order valence-electron chi connectivity index (χ1n) is 5.09. The molecular weight excluding hydrogens is 238 g/mol. The van der Waals surface area contributed by atoms with Crippen LogP contribution in [0.1, 0.15) is 10.4 Å². The SMILES string of the molecule is C=CCN(CC=C)c1cc(Cl)ccc1C(=O)O. The Kier molecular flexibility index (Phi) is 4.79. The molecule has 0 saturated carbocycles. The number of hydrogen-bond acceptors (Lipinski definition) is 2. The molecule has 0 aromatic heterocycles. The molecule has 0 heterocycles. The summed E-state index contributed by atoms with van der Waals surface area (Å²) in [5, 5.41) is 9.62. The maximum atomic E-state index is 11.1. The van der Waals surface area contributed by atoms with Gasteiger partial charge in [0.05, 0.1) is 11.3 Å². The van der Waals surface area contributed by atoms with E-state index in [2.05, 4.69) is 13.2 Å². The zero-order chi connectivity index (χ0) is 12.8. The number of halogens is 1. The van der Waals surface area contributed by atoms with E-state index in [1.807, 2.05) is 4.90 Å². The minimum atomic E-state index is -0.977. The molecule has 3 nitrogen and oxygen atoms in total. The molecule has 0 aliphatic carbocycles. The molecule has 0 amide bonds. The van der Waals surface area contributed by atoms with Gasteiger partial charge in [-0.1, -0.05) is 23.8 Å². The molecule has 1 rings (SSSR count). The Balaban J connectivity index is 3.22. The summed E-state index contributed by atoms with van der Waals surface area (Å²) in [6.45, 7) is 8.37. The van der Waals surface area contributed by atoms with Crippen LogP contribution in [0.2, 0.25) is 5.02 Å².